The minimum absolute atomic E-state index is 0.282. The highest BCUT2D eigenvalue weighted by atomic mass is 127. The number of hydrogen-bond donors (Lipinski definition) is 1. The molecular formula is C10H15IN4. The second kappa shape index (κ2) is 4.94. The maximum Gasteiger partial charge on any atom is 0.123 e. The first kappa shape index (κ1) is 12.5. The molecule has 5 heteroatoms. The maximum absolute atomic E-state index is 9.15. The van der Waals surface area contributed by atoms with Crippen molar-refractivity contribution in [1.29, 1.82) is 5.26 Å². The molecule has 15 heavy (non-hydrogen) atoms. The van der Waals surface area contributed by atoms with Gasteiger partial charge in [0.25, 0.3) is 0 Å². The number of rotatable bonds is 4. The van der Waals surface area contributed by atoms with Crippen LogP contribution in [0.4, 0.5) is 0 Å². The van der Waals surface area contributed by atoms with E-state index in [0.29, 0.717) is 6.54 Å². The summed E-state index contributed by atoms with van der Waals surface area (Å²) in [5.74, 6) is 0. The van der Waals surface area contributed by atoms with Gasteiger partial charge in [-0.2, -0.15) is 10.4 Å². The van der Waals surface area contributed by atoms with Crippen LogP contribution in [0.5, 0.6) is 0 Å². The first-order valence-corrected chi connectivity index (χ1v) is 5.90. The molecule has 0 saturated heterocycles. The normalized spacial score (nSPS) is 14.9. The lowest BCUT2D eigenvalue weighted by atomic mass is 10.0. The van der Waals surface area contributed by atoms with E-state index in [1.54, 1.807) is 10.9 Å². The van der Waals surface area contributed by atoms with E-state index in [1.165, 1.54) is 0 Å². The summed E-state index contributed by atoms with van der Waals surface area (Å²) in [7, 11) is 0. The zero-order valence-corrected chi connectivity index (χ0v) is 11.3. The van der Waals surface area contributed by atoms with E-state index in [9.17, 15) is 0 Å². The van der Waals surface area contributed by atoms with Crippen molar-refractivity contribution in [2.24, 2.45) is 0 Å². The fraction of sp³-hybridized carbons (Fsp3) is 0.600. The van der Waals surface area contributed by atoms with Crippen molar-refractivity contribution >= 4 is 22.6 Å². The van der Waals surface area contributed by atoms with Crippen LogP contribution in [-0.4, -0.2) is 21.4 Å². The Kier molecular flexibility index (Phi) is 4.11. The van der Waals surface area contributed by atoms with Gasteiger partial charge in [0.1, 0.15) is 5.54 Å². The molecule has 1 atom stereocenters. The third kappa shape index (κ3) is 3.80. The smallest absolute Gasteiger partial charge is 0.123 e. The zero-order valence-electron chi connectivity index (χ0n) is 9.16. The van der Waals surface area contributed by atoms with Crippen LogP contribution in [0.15, 0.2) is 12.4 Å². The lowest BCUT2D eigenvalue weighted by molar-refractivity contribution is 0.344. The fourth-order valence-corrected chi connectivity index (χ4v) is 1.95. The Hall–Kier alpha value is -0.610. The van der Waals surface area contributed by atoms with E-state index in [2.05, 4.69) is 39.1 Å². The summed E-state index contributed by atoms with van der Waals surface area (Å²) in [5.41, 5.74) is -0.566. The number of nitriles is 1. The molecule has 0 aromatic carbocycles. The monoisotopic (exact) mass is 318 g/mol. The van der Waals surface area contributed by atoms with Crippen molar-refractivity contribution in [2.45, 2.75) is 38.9 Å². The summed E-state index contributed by atoms with van der Waals surface area (Å²) < 4.78 is 2.87. The van der Waals surface area contributed by atoms with E-state index in [4.69, 9.17) is 5.26 Å². The summed E-state index contributed by atoms with van der Waals surface area (Å²) in [6.07, 6.45) is 3.71. The number of nitrogens with zero attached hydrogens (tertiary/aromatic N) is 3. The molecule has 0 bridgehead atoms. The summed E-state index contributed by atoms with van der Waals surface area (Å²) in [5, 5.41) is 16.6. The van der Waals surface area contributed by atoms with E-state index in [-0.39, 0.29) is 6.04 Å². The second-order valence-corrected chi connectivity index (χ2v) is 5.34. The average molecular weight is 318 g/mol. The van der Waals surface area contributed by atoms with Crippen molar-refractivity contribution in [3.05, 3.63) is 16.0 Å². The molecule has 4 nitrogen and oxygen atoms in total. The molecule has 1 rings (SSSR count). The number of aromatic nitrogens is 2. The highest BCUT2D eigenvalue weighted by Crippen LogP contribution is 2.09. The predicted molar refractivity (Wildman–Crippen MR) is 67.2 cm³/mol. The topological polar surface area (TPSA) is 53.6 Å². The standard InChI is InChI=1S/C10H15IN4/c1-8(2)14-10(3,6-12)7-15-5-9(11)4-13-15/h4-5,8,14H,7H2,1-3H3. The Morgan fingerprint density at radius 2 is 2.40 bits per heavy atom. The van der Waals surface area contributed by atoms with Gasteiger partial charge in [-0.05, 0) is 43.4 Å². The van der Waals surface area contributed by atoms with Crippen molar-refractivity contribution in [1.82, 2.24) is 15.1 Å². The molecule has 1 heterocycles. The van der Waals surface area contributed by atoms with Crippen molar-refractivity contribution in [3.8, 4) is 6.07 Å². The molecule has 0 aliphatic heterocycles. The number of hydrogen-bond acceptors (Lipinski definition) is 3. The highest BCUT2D eigenvalue weighted by Gasteiger charge is 2.25. The number of halogens is 1. The Labute approximate surface area is 104 Å². The van der Waals surface area contributed by atoms with Crippen molar-refractivity contribution < 1.29 is 0 Å². The first-order chi connectivity index (χ1) is 6.95. The Balaban J connectivity index is 2.73. The summed E-state index contributed by atoms with van der Waals surface area (Å²) in [6, 6.07) is 2.57. The molecule has 1 aromatic rings. The van der Waals surface area contributed by atoms with Gasteiger partial charge in [-0.1, -0.05) is 0 Å². The zero-order chi connectivity index (χ0) is 11.5. The van der Waals surface area contributed by atoms with Crippen LogP contribution in [-0.2, 0) is 6.54 Å². The Bertz CT molecular complexity index is 366. The van der Waals surface area contributed by atoms with Gasteiger partial charge >= 0.3 is 0 Å². The average Bonchev–Trinajstić information content (AvgIpc) is 2.49. The van der Waals surface area contributed by atoms with Gasteiger partial charge in [0, 0.05) is 12.2 Å². The number of nitrogens with one attached hydrogen (secondary N) is 1. The molecule has 82 valence electrons. The van der Waals surface area contributed by atoms with Crippen LogP contribution < -0.4 is 5.32 Å². The molecule has 0 aliphatic carbocycles. The summed E-state index contributed by atoms with van der Waals surface area (Å²) in [6.45, 7) is 6.51. The van der Waals surface area contributed by atoms with Gasteiger partial charge in [-0.3, -0.25) is 10.00 Å². The van der Waals surface area contributed by atoms with Gasteiger partial charge < -0.3 is 0 Å². The van der Waals surface area contributed by atoms with Gasteiger partial charge in [-0.15, -0.1) is 0 Å². The van der Waals surface area contributed by atoms with Gasteiger partial charge in [0.05, 0.1) is 22.4 Å². The SMILES string of the molecule is CC(C)NC(C)(C#N)Cn1cc(I)cn1. The van der Waals surface area contributed by atoms with Crippen LogP contribution in [0.3, 0.4) is 0 Å². The predicted octanol–water partition coefficient (Wildman–Crippen LogP) is 1.77. The molecular weight excluding hydrogens is 303 g/mol. The Morgan fingerprint density at radius 3 is 2.80 bits per heavy atom. The molecule has 0 fully saturated rings. The van der Waals surface area contributed by atoms with Crippen LogP contribution >= 0.6 is 22.6 Å². The second-order valence-electron chi connectivity index (χ2n) is 4.10. The summed E-state index contributed by atoms with van der Waals surface area (Å²) in [4.78, 5) is 0. The molecule has 0 aliphatic rings. The highest BCUT2D eigenvalue weighted by molar-refractivity contribution is 14.1. The maximum atomic E-state index is 9.15. The molecule has 1 aromatic heterocycles. The van der Waals surface area contributed by atoms with Gasteiger partial charge in [0.2, 0.25) is 0 Å². The van der Waals surface area contributed by atoms with Gasteiger partial charge in [-0.25, -0.2) is 0 Å². The minimum atomic E-state index is -0.566. The molecule has 0 amide bonds. The van der Waals surface area contributed by atoms with Crippen LogP contribution in [0.1, 0.15) is 20.8 Å². The van der Waals surface area contributed by atoms with E-state index >= 15 is 0 Å². The molecule has 0 radical (unpaired) electrons. The Morgan fingerprint density at radius 1 is 1.73 bits per heavy atom. The van der Waals surface area contributed by atoms with Crippen molar-refractivity contribution in [2.75, 3.05) is 0 Å². The van der Waals surface area contributed by atoms with Crippen molar-refractivity contribution in [3.63, 3.8) is 0 Å². The van der Waals surface area contributed by atoms with Crippen LogP contribution in [0, 0.1) is 14.9 Å². The first-order valence-electron chi connectivity index (χ1n) is 4.82. The van der Waals surface area contributed by atoms with Crippen LogP contribution in [0.2, 0.25) is 0 Å². The molecule has 1 unspecified atom stereocenters. The lowest BCUT2D eigenvalue weighted by Gasteiger charge is -2.25. The van der Waals surface area contributed by atoms with E-state index in [1.807, 2.05) is 27.0 Å². The third-order valence-corrected chi connectivity index (χ3v) is 2.49. The fourth-order valence-electron chi connectivity index (χ4n) is 1.50. The molecule has 0 spiro atoms. The lowest BCUT2D eigenvalue weighted by Crippen LogP contribution is -2.48. The van der Waals surface area contributed by atoms with E-state index in [0.717, 1.165) is 3.57 Å². The minimum Gasteiger partial charge on any atom is -0.296 e. The van der Waals surface area contributed by atoms with Crippen LogP contribution in [0.25, 0.3) is 0 Å². The van der Waals surface area contributed by atoms with Gasteiger partial charge in [0.15, 0.2) is 0 Å². The molecule has 0 saturated carbocycles. The third-order valence-electron chi connectivity index (χ3n) is 1.93. The molecule has 1 N–H and O–H groups in total. The summed E-state index contributed by atoms with van der Waals surface area (Å²) >= 11 is 2.20. The largest absolute Gasteiger partial charge is 0.296 e. The van der Waals surface area contributed by atoms with E-state index < -0.39 is 5.54 Å². The quantitative estimate of drug-likeness (QED) is 0.861.